The average molecular weight is 490 g/mol. The van der Waals surface area contributed by atoms with Crippen LogP contribution in [0.25, 0.3) is 5.65 Å². The van der Waals surface area contributed by atoms with Crippen LogP contribution in [0.15, 0.2) is 53.7 Å². The number of rotatable bonds is 9. The minimum atomic E-state index is -3.83. The summed E-state index contributed by atoms with van der Waals surface area (Å²) in [6.45, 7) is 1.58. The molecule has 2 N–H and O–H groups in total. The Bertz CT molecular complexity index is 1260. The van der Waals surface area contributed by atoms with Gasteiger partial charge in [-0.3, -0.25) is 9.59 Å². The molecule has 9 nitrogen and oxygen atoms in total. The Balaban J connectivity index is 1.37. The van der Waals surface area contributed by atoms with Crippen molar-refractivity contribution in [2.45, 2.75) is 30.7 Å². The predicted molar refractivity (Wildman–Crippen MR) is 123 cm³/mol. The molecule has 4 rings (SSSR count). The van der Waals surface area contributed by atoms with Gasteiger partial charge in [0.25, 0.3) is 5.91 Å². The van der Waals surface area contributed by atoms with Gasteiger partial charge in [-0.15, -0.1) is 0 Å². The molecule has 3 heterocycles. The zero-order chi connectivity index (χ0) is 23.4. The minimum absolute atomic E-state index is 0.0537. The van der Waals surface area contributed by atoms with Crippen LogP contribution < -0.4 is 10.0 Å². The van der Waals surface area contributed by atoms with E-state index in [1.165, 1.54) is 18.2 Å². The quantitative estimate of drug-likeness (QED) is 0.447. The zero-order valence-electron chi connectivity index (χ0n) is 17.8. The maximum atomic E-state index is 12.7. The number of fused-ring (bicyclic) bond motifs is 1. The van der Waals surface area contributed by atoms with E-state index in [2.05, 4.69) is 15.0 Å². The summed E-state index contributed by atoms with van der Waals surface area (Å²) in [5, 5.41) is 2.88. The smallest absolute Gasteiger partial charge is 0.253 e. The summed E-state index contributed by atoms with van der Waals surface area (Å²) < 4.78 is 29.7. The highest BCUT2D eigenvalue weighted by molar-refractivity contribution is 7.89. The molecule has 3 aromatic rings. The van der Waals surface area contributed by atoms with Gasteiger partial charge in [0.05, 0.1) is 27.7 Å². The number of hydrogen-bond acceptors (Lipinski definition) is 5. The van der Waals surface area contributed by atoms with Crippen LogP contribution in [0.1, 0.15) is 35.3 Å². The van der Waals surface area contributed by atoms with Gasteiger partial charge in [-0.05, 0) is 43.2 Å². The van der Waals surface area contributed by atoms with Crippen LogP contribution in [0.3, 0.4) is 0 Å². The topological polar surface area (TPSA) is 113 Å². The number of likely N-dealkylation sites (tertiary alicyclic amines) is 1. The fourth-order valence-electron chi connectivity index (χ4n) is 3.68. The lowest BCUT2D eigenvalue weighted by Crippen LogP contribution is -2.31. The number of pyridine rings is 1. The standard InChI is InChI=1S/C22H24ClN5O4S/c23-19-8-7-17(33(31,32)25-9-4-12-27-11-3-6-21(27)29)13-18(19)22(30)24-14-16-15-28-10-2-1-5-20(28)26-16/h1-2,5,7-8,10,13,15,25H,3-4,6,9,11-12,14H2,(H,24,30). The second kappa shape index (κ2) is 9.90. The summed E-state index contributed by atoms with van der Waals surface area (Å²) >= 11 is 6.17. The molecule has 0 atom stereocenters. The third kappa shape index (κ3) is 5.52. The fourth-order valence-corrected chi connectivity index (χ4v) is 4.99. The van der Waals surface area contributed by atoms with Gasteiger partial charge in [0.15, 0.2) is 0 Å². The maximum Gasteiger partial charge on any atom is 0.253 e. The van der Waals surface area contributed by atoms with Crippen LogP contribution in [-0.2, 0) is 21.4 Å². The highest BCUT2D eigenvalue weighted by Gasteiger charge is 2.21. The van der Waals surface area contributed by atoms with E-state index in [-0.39, 0.29) is 34.5 Å². The fraction of sp³-hybridized carbons (Fsp3) is 0.318. The molecule has 0 bridgehead atoms. The van der Waals surface area contributed by atoms with E-state index in [1.807, 2.05) is 28.8 Å². The summed E-state index contributed by atoms with van der Waals surface area (Å²) in [4.78, 5) is 30.4. The van der Waals surface area contributed by atoms with Gasteiger partial charge in [0.1, 0.15) is 5.65 Å². The van der Waals surface area contributed by atoms with Gasteiger partial charge >= 0.3 is 0 Å². The Morgan fingerprint density at radius 3 is 2.82 bits per heavy atom. The number of aromatic nitrogens is 2. The molecule has 174 valence electrons. The van der Waals surface area contributed by atoms with Crippen molar-refractivity contribution < 1.29 is 18.0 Å². The largest absolute Gasteiger partial charge is 0.346 e. The van der Waals surface area contributed by atoms with Crippen LogP contribution in [0, 0.1) is 0 Å². The number of sulfonamides is 1. The van der Waals surface area contributed by atoms with Gasteiger partial charge in [-0.2, -0.15) is 0 Å². The Morgan fingerprint density at radius 1 is 1.21 bits per heavy atom. The number of hydrogen-bond donors (Lipinski definition) is 2. The van der Waals surface area contributed by atoms with Gasteiger partial charge in [-0.25, -0.2) is 18.1 Å². The summed E-state index contributed by atoms with van der Waals surface area (Å²) in [5.41, 5.74) is 1.48. The number of nitrogens with one attached hydrogen (secondary N) is 2. The van der Waals surface area contributed by atoms with E-state index in [9.17, 15) is 18.0 Å². The second-order valence-electron chi connectivity index (χ2n) is 7.76. The number of halogens is 1. The highest BCUT2D eigenvalue weighted by Crippen LogP contribution is 2.21. The van der Waals surface area contributed by atoms with Crippen molar-refractivity contribution >= 4 is 39.1 Å². The normalized spacial score (nSPS) is 14.2. The van der Waals surface area contributed by atoms with E-state index in [0.29, 0.717) is 25.1 Å². The minimum Gasteiger partial charge on any atom is -0.346 e. The predicted octanol–water partition coefficient (Wildman–Crippen LogP) is 2.21. The molecule has 2 aromatic heterocycles. The number of carbonyl (C=O) groups is 2. The first-order chi connectivity index (χ1) is 15.8. The Hall–Kier alpha value is -2.95. The first kappa shape index (κ1) is 23.2. The van der Waals surface area contributed by atoms with Crippen molar-refractivity contribution in [3.8, 4) is 0 Å². The summed E-state index contributed by atoms with van der Waals surface area (Å²) in [7, 11) is -3.83. The number of carbonyl (C=O) groups excluding carboxylic acids is 2. The molecule has 0 radical (unpaired) electrons. The molecule has 1 aliphatic rings. The molecule has 1 fully saturated rings. The Labute approximate surface area is 196 Å². The molecule has 0 saturated carbocycles. The molecular weight excluding hydrogens is 466 g/mol. The molecular formula is C22H24ClN5O4S. The number of amides is 2. The summed E-state index contributed by atoms with van der Waals surface area (Å²) in [6.07, 6.45) is 5.56. The average Bonchev–Trinajstić information content (AvgIpc) is 3.40. The van der Waals surface area contributed by atoms with Crippen LogP contribution in [0.5, 0.6) is 0 Å². The van der Waals surface area contributed by atoms with Crippen molar-refractivity contribution in [3.05, 3.63) is 65.1 Å². The molecule has 0 unspecified atom stereocenters. The van der Waals surface area contributed by atoms with Gasteiger partial charge in [0.2, 0.25) is 15.9 Å². The SMILES string of the molecule is O=C(NCc1cn2ccccc2n1)c1cc(S(=O)(=O)NCCCN2CCCC2=O)ccc1Cl. The molecule has 1 aliphatic heterocycles. The van der Waals surface area contributed by atoms with Crippen LogP contribution in [0.4, 0.5) is 0 Å². The third-order valence-corrected chi connectivity index (χ3v) is 7.19. The molecule has 1 aromatic carbocycles. The van der Waals surface area contributed by atoms with Crippen molar-refractivity contribution in [2.75, 3.05) is 19.6 Å². The highest BCUT2D eigenvalue weighted by atomic mass is 35.5. The second-order valence-corrected chi connectivity index (χ2v) is 9.93. The Morgan fingerprint density at radius 2 is 2.06 bits per heavy atom. The van der Waals surface area contributed by atoms with E-state index < -0.39 is 15.9 Å². The van der Waals surface area contributed by atoms with Crippen LogP contribution in [0.2, 0.25) is 5.02 Å². The number of nitrogens with zero attached hydrogens (tertiary/aromatic N) is 3. The lowest BCUT2D eigenvalue weighted by atomic mass is 10.2. The van der Waals surface area contributed by atoms with Crippen molar-refractivity contribution in [3.63, 3.8) is 0 Å². The zero-order valence-corrected chi connectivity index (χ0v) is 19.4. The maximum absolute atomic E-state index is 12.7. The number of imidazole rings is 1. The van der Waals surface area contributed by atoms with E-state index >= 15 is 0 Å². The van der Waals surface area contributed by atoms with Crippen molar-refractivity contribution in [2.24, 2.45) is 0 Å². The first-order valence-electron chi connectivity index (χ1n) is 10.6. The first-order valence-corrected chi connectivity index (χ1v) is 12.5. The van der Waals surface area contributed by atoms with E-state index in [0.717, 1.165) is 18.6 Å². The van der Waals surface area contributed by atoms with Gasteiger partial charge < -0.3 is 14.6 Å². The van der Waals surface area contributed by atoms with E-state index in [4.69, 9.17) is 11.6 Å². The number of benzene rings is 1. The van der Waals surface area contributed by atoms with Crippen LogP contribution >= 0.6 is 11.6 Å². The summed E-state index contributed by atoms with van der Waals surface area (Å²) in [5.74, 6) is -0.392. The lowest BCUT2D eigenvalue weighted by molar-refractivity contribution is -0.127. The third-order valence-electron chi connectivity index (χ3n) is 5.40. The Kier molecular flexibility index (Phi) is 6.96. The van der Waals surface area contributed by atoms with Crippen LogP contribution in [-0.4, -0.2) is 54.2 Å². The lowest BCUT2D eigenvalue weighted by Gasteiger charge is -2.15. The monoisotopic (exact) mass is 489 g/mol. The molecule has 11 heteroatoms. The molecule has 33 heavy (non-hydrogen) atoms. The van der Waals surface area contributed by atoms with Crippen molar-refractivity contribution in [1.82, 2.24) is 24.3 Å². The van der Waals surface area contributed by atoms with Crippen molar-refractivity contribution in [1.29, 1.82) is 0 Å². The van der Waals surface area contributed by atoms with E-state index in [1.54, 1.807) is 11.1 Å². The molecule has 2 amide bonds. The molecule has 0 spiro atoms. The van der Waals surface area contributed by atoms with Gasteiger partial charge in [0, 0.05) is 38.4 Å². The summed E-state index contributed by atoms with van der Waals surface area (Å²) in [6, 6.07) is 9.60. The molecule has 0 aliphatic carbocycles. The van der Waals surface area contributed by atoms with Gasteiger partial charge in [-0.1, -0.05) is 17.7 Å². The molecule has 1 saturated heterocycles.